The van der Waals surface area contributed by atoms with E-state index in [1.165, 1.54) is 0 Å². The summed E-state index contributed by atoms with van der Waals surface area (Å²) in [5.74, 6) is -1.47. The molecule has 1 fully saturated rings. The number of carbonyl (C=O) groups is 3. The molecular weight excluding hydrogens is 286 g/mol. The monoisotopic (exact) mass is 305 g/mol. The maximum absolute atomic E-state index is 11.8. The molecule has 0 heterocycles. The summed E-state index contributed by atoms with van der Waals surface area (Å²) < 4.78 is 5.03. The minimum atomic E-state index is -1.14. The molecule has 1 aliphatic rings. The molecule has 2 unspecified atom stereocenters. The molecule has 1 aromatic carbocycles. The smallest absolute Gasteiger partial charge is 0.408 e. The highest BCUT2D eigenvalue weighted by Gasteiger charge is 2.33. The van der Waals surface area contributed by atoms with Crippen LogP contribution in [0.25, 0.3) is 0 Å². The molecule has 2 rings (SSSR count). The highest BCUT2D eigenvalue weighted by Crippen LogP contribution is 2.24. The summed E-state index contributed by atoms with van der Waals surface area (Å²) >= 11 is 0. The maximum atomic E-state index is 11.8. The second-order valence-electron chi connectivity index (χ2n) is 5.42. The molecule has 2 N–H and O–H groups in total. The van der Waals surface area contributed by atoms with E-state index in [9.17, 15) is 19.5 Å². The predicted octanol–water partition coefficient (Wildman–Crippen LogP) is 2.13. The van der Waals surface area contributed by atoms with Crippen molar-refractivity contribution < 1.29 is 24.2 Å². The third-order valence-corrected chi connectivity index (χ3v) is 3.74. The van der Waals surface area contributed by atoms with Crippen LogP contribution < -0.4 is 5.32 Å². The molecule has 2 atom stereocenters. The van der Waals surface area contributed by atoms with Crippen molar-refractivity contribution in [1.82, 2.24) is 5.32 Å². The van der Waals surface area contributed by atoms with Gasteiger partial charge in [0, 0.05) is 12.8 Å². The Morgan fingerprint density at radius 3 is 2.68 bits per heavy atom. The lowest BCUT2D eigenvalue weighted by Gasteiger charge is -2.27. The number of alkyl carbamates (subject to hydrolysis) is 1. The van der Waals surface area contributed by atoms with E-state index in [0.717, 1.165) is 5.56 Å². The Kier molecular flexibility index (Phi) is 5.52. The number of rotatable bonds is 5. The molecule has 1 aliphatic carbocycles. The number of carboxylic acid groups (broad SMARTS) is 1. The van der Waals surface area contributed by atoms with Crippen LogP contribution in [0.15, 0.2) is 30.3 Å². The minimum absolute atomic E-state index is 0.0435. The molecule has 0 aromatic heterocycles. The zero-order chi connectivity index (χ0) is 15.9. The van der Waals surface area contributed by atoms with Crippen LogP contribution in [0.2, 0.25) is 0 Å². The fraction of sp³-hybridized carbons (Fsp3) is 0.438. The topological polar surface area (TPSA) is 92.7 Å². The number of hydrogen-bond donors (Lipinski definition) is 2. The third kappa shape index (κ3) is 4.58. The van der Waals surface area contributed by atoms with Gasteiger partial charge in [-0.05, 0) is 24.3 Å². The average molecular weight is 305 g/mol. The Morgan fingerprint density at radius 1 is 1.32 bits per heavy atom. The SMILES string of the molecule is O=C1CCCC(C(NC(=O)OCc2ccccc2)C(=O)O)C1. The number of Topliss-reactive ketones (excluding diaryl/α,β-unsaturated/α-hetero) is 1. The van der Waals surface area contributed by atoms with Crippen molar-refractivity contribution in [2.75, 3.05) is 0 Å². The zero-order valence-electron chi connectivity index (χ0n) is 12.2. The third-order valence-electron chi connectivity index (χ3n) is 3.74. The summed E-state index contributed by atoms with van der Waals surface area (Å²) in [6.45, 7) is 0.0720. The molecule has 118 valence electrons. The van der Waals surface area contributed by atoms with E-state index in [1.807, 2.05) is 30.3 Å². The number of amides is 1. The van der Waals surface area contributed by atoms with Crippen LogP contribution in [-0.2, 0) is 20.9 Å². The van der Waals surface area contributed by atoms with Gasteiger partial charge in [0.25, 0.3) is 0 Å². The van der Waals surface area contributed by atoms with Gasteiger partial charge in [-0.3, -0.25) is 4.79 Å². The number of aliphatic carboxylic acids is 1. The summed E-state index contributed by atoms with van der Waals surface area (Å²) in [6, 6.07) is 8.02. The molecular formula is C16H19NO5. The lowest BCUT2D eigenvalue weighted by molar-refractivity contribution is -0.141. The van der Waals surface area contributed by atoms with Crippen LogP contribution in [0.3, 0.4) is 0 Å². The Labute approximate surface area is 128 Å². The predicted molar refractivity (Wildman–Crippen MR) is 78.2 cm³/mol. The summed E-state index contributed by atoms with van der Waals surface area (Å²) in [7, 11) is 0. The number of ketones is 1. The molecule has 1 saturated carbocycles. The van der Waals surface area contributed by atoms with Gasteiger partial charge in [-0.25, -0.2) is 9.59 Å². The Balaban J connectivity index is 1.88. The molecule has 0 spiro atoms. The van der Waals surface area contributed by atoms with Gasteiger partial charge < -0.3 is 15.2 Å². The standard InChI is InChI=1S/C16H19NO5/c18-13-8-4-7-12(9-13)14(15(19)20)17-16(21)22-10-11-5-2-1-3-6-11/h1-3,5-6,12,14H,4,7-10H2,(H,17,21)(H,19,20). The van der Waals surface area contributed by atoms with Gasteiger partial charge in [0.1, 0.15) is 18.4 Å². The van der Waals surface area contributed by atoms with Gasteiger partial charge in [0.2, 0.25) is 0 Å². The number of carbonyl (C=O) groups excluding carboxylic acids is 2. The molecule has 1 aromatic rings. The van der Waals surface area contributed by atoms with Crippen molar-refractivity contribution in [2.45, 2.75) is 38.3 Å². The normalized spacial score (nSPS) is 19.3. The van der Waals surface area contributed by atoms with E-state index < -0.39 is 18.1 Å². The van der Waals surface area contributed by atoms with Crippen molar-refractivity contribution in [3.63, 3.8) is 0 Å². The van der Waals surface area contributed by atoms with Gasteiger partial charge in [0.15, 0.2) is 0 Å². The van der Waals surface area contributed by atoms with Crippen LogP contribution in [0.4, 0.5) is 4.79 Å². The number of carboxylic acids is 1. The lowest BCUT2D eigenvalue weighted by Crippen LogP contribution is -2.47. The van der Waals surface area contributed by atoms with Crippen molar-refractivity contribution in [1.29, 1.82) is 0 Å². The summed E-state index contributed by atoms with van der Waals surface area (Å²) in [5, 5.41) is 11.6. The Morgan fingerprint density at radius 2 is 2.05 bits per heavy atom. The molecule has 1 amide bonds. The van der Waals surface area contributed by atoms with Crippen LogP contribution in [0.1, 0.15) is 31.2 Å². The summed E-state index contributed by atoms with van der Waals surface area (Å²) in [4.78, 5) is 34.6. The van der Waals surface area contributed by atoms with E-state index in [2.05, 4.69) is 5.32 Å². The lowest BCUT2D eigenvalue weighted by atomic mass is 9.83. The van der Waals surface area contributed by atoms with Gasteiger partial charge in [0.05, 0.1) is 0 Å². The minimum Gasteiger partial charge on any atom is -0.480 e. The Hall–Kier alpha value is -2.37. The van der Waals surface area contributed by atoms with Gasteiger partial charge in [-0.15, -0.1) is 0 Å². The van der Waals surface area contributed by atoms with Gasteiger partial charge in [-0.1, -0.05) is 30.3 Å². The number of hydrogen-bond acceptors (Lipinski definition) is 4. The van der Waals surface area contributed by atoms with E-state index >= 15 is 0 Å². The molecule has 0 radical (unpaired) electrons. The van der Waals surface area contributed by atoms with Crippen LogP contribution in [0, 0.1) is 5.92 Å². The van der Waals surface area contributed by atoms with E-state index in [4.69, 9.17) is 4.74 Å². The maximum Gasteiger partial charge on any atom is 0.408 e. The van der Waals surface area contributed by atoms with E-state index in [1.54, 1.807) is 0 Å². The van der Waals surface area contributed by atoms with Crippen LogP contribution in [-0.4, -0.2) is 29.0 Å². The molecule has 6 nitrogen and oxygen atoms in total. The number of benzene rings is 1. The highest BCUT2D eigenvalue weighted by molar-refractivity contribution is 5.83. The van der Waals surface area contributed by atoms with Gasteiger partial charge in [-0.2, -0.15) is 0 Å². The quantitative estimate of drug-likeness (QED) is 0.869. The zero-order valence-corrected chi connectivity index (χ0v) is 12.2. The molecule has 0 saturated heterocycles. The first-order valence-corrected chi connectivity index (χ1v) is 7.28. The van der Waals surface area contributed by atoms with Crippen molar-refractivity contribution >= 4 is 17.8 Å². The van der Waals surface area contributed by atoms with E-state index in [0.29, 0.717) is 19.3 Å². The summed E-state index contributed by atoms with van der Waals surface area (Å²) in [6.07, 6.45) is 1.17. The molecule has 6 heteroatoms. The second kappa shape index (κ2) is 7.59. The highest BCUT2D eigenvalue weighted by atomic mass is 16.5. The van der Waals surface area contributed by atoms with Crippen molar-refractivity contribution in [3.05, 3.63) is 35.9 Å². The van der Waals surface area contributed by atoms with Gasteiger partial charge >= 0.3 is 12.1 Å². The largest absolute Gasteiger partial charge is 0.480 e. The average Bonchev–Trinajstić information content (AvgIpc) is 2.51. The first kappa shape index (κ1) is 16.0. The second-order valence-corrected chi connectivity index (χ2v) is 5.42. The molecule has 22 heavy (non-hydrogen) atoms. The first-order chi connectivity index (χ1) is 10.6. The fourth-order valence-electron chi connectivity index (χ4n) is 2.62. The van der Waals surface area contributed by atoms with Crippen molar-refractivity contribution in [2.24, 2.45) is 5.92 Å². The Bertz CT molecular complexity index is 543. The number of ether oxygens (including phenoxy) is 1. The first-order valence-electron chi connectivity index (χ1n) is 7.28. The van der Waals surface area contributed by atoms with Crippen molar-refractivity contribution in [3.8, 4) is 0 Å². The summed E-state index contributed by atoms with van der Waals surface area (Å²) in [5.41, 5.74) is 0.817. The number of nitrogens with one attached hydrogen (secondary N) is 1. The van der Waals surface area contributed by atoms with E-state index in [-0.39, 0.29) is 24.7 Å². The molecule has 0 aliphatic heterocycles. The fourth-order valence-corrected chi connectivity index (χ4v) is 2.62. The van der Waals surface area contributed by atoms with Crippen LogP contribution >= 0.6 is 0 Å². The van der Waals surface area contributed by atoms with Crippen LogP contribution in [0.5, 0.6) is 0 Å². The molecule has 0 bridgehead atoms.